The molecule has 0 saturated heterocycles. The van der Waals surface area contributed by atoms with Crippen molar-refractivity contribution in [2.75, 3.05) is 13.2 Å². The molecule has 7 heteroatoms. The fraction of sp³-hybridized carbons (Fsp3) is 0.194. The molecule has 4 rings (SSSR count). The van der Waals surface area contributed by atoms with Gasteiger partial charge in [0, 0.05) is 5.56 Å². The van der Waals surface area contributed by atoms with E-state index < -0.39 is 11.9 Å². The van der Waals surface area contributed by atoms with Crippen LogP contribution in [-0.4, -0.2) is 31.3 Å². The van der Waals surface area contributed by atoms with Gasteiger partial charge in [-0.25, -0.2) is 10.2 Å². The number of nitrogens with zero attached hydrogens (tertiary/aromatic N) is 1. The smallest absolute Gasteiger partial charge is 0.343 e. The number of carbonyl (C=O) groups excluding carboxylic acids is 2. The van der Waals surface area contributed by atoms with Crippen LogP contribution in [0.5, 0.6) is 17.2 Å². The van der Waals surface area contributed by atoms with Crippen molar-refractivity contribution in [3.8, 4) is 17.2 Å². The van der Waals surface area contributed by atoms with Gasteiger partial charge in [-0.15, -0.1) is 0 Å². The van der Waals surface area contributed by atoms with Crippen LogP contribution in [0.1, 0.15) is 48.2 Å². The van der Waals surface area contributed by atoms with Crippen LogP contribution < -0.4 is 19.6 Å². The number of hydrogen-bond acceptors (Lipinski definition) is 6. The minimum atomic E-state index is -0.515. The summed E-state index contributed by atoms with van der Waals surface area (Å²) in [5.74, 6) is 1.09. The second-order valence-electron chi connectivity index (χ2n) is 8.85. The molecule has 0 aliphatic carbocycles. The molecule has 0 saturated carbocycles. The van der Waals surface area contributed by atoms with Crippen LogP contribution >= 0.6 is 0 Å². The number of hydrogen-bond donors (Lipinski definition) is 1. The van der Waals surface area contributed by atoms with Crippen molar-refractivity contribution in [2.24, 2.45) is 5.10 Å². The molecule has 194 valence electrons. The van der Waals surface area contributed by atoms with Gasteiger partial charge in [0.25, 0.3) is 5.91 Å². The SMILES string of the molecule is CCOc1ccc(C(=O)Oc2ccc3ccccc3c2/C=N\NC(=O)COc2ccc(C(C)C)cc2)cc1. The first-order valence-corrected chi connectivity index (χ1v) is 12.5. The Morgan fingerprint density at radius 3 is 2.26 bits per heavy atom. The molecule has 4 aromatic rings. The Morgan fingerprint density at radius 2 is 1.55 bits per heavy atom. The topological polar surface area (TPSA) is 86.2 Å². The summed E-state index contributed by atoms with van der Waals surface area (Å²) >= 11 is 0. The van der Waals surface area contributed by atoms with E-state index in [0.717, 1.165) is 10.8 Å². The maximum Gasteiger partial charge on any atom is 0.343 e. The molecule has 0 aliphatic rings. The maximum atomic E-state index is 12.8. The summed E-state index contributed by atoms with van der Waals surface area (Å²) in [4.78, 5) is 25.2. The fourth-order valence-corrected chi connectivity index (χ4v) is 3.81. The van der Waals surface area contributed by atoms with E-state index in [1.165, 1.54) is 11.8 Å². The molecule has 0 radical (unpaired) electrons. The average molecular weight is 511 g/mol. The van der Waals surface area contributed by atoms with Gasteiger partial charge >= 0.3 is 5.97 Å². The Bertz CT molecular complexity index is 1430. The molecule has 7 nitrogen and oxygen atoms in total. The molecule has 0 unspecified atom stereocenters. The van der Waals surface area contributed by atoms with E-state index >= 15 is 0 Å². The van der Waals surface area contributed by atoms with E-state index in [1.807, 2.05) is 61.5 Å². The summed E-state index contributed by atoms with van der Waals surface area (Å²) in [5.41, 5.74) is 4.62. The quantitative estimate of drug-likeness (QED) is 0.120. The largest absolute Gasteiger partial charge is 0.494 e. The second-order valence-corrected chi connectivity index (χ2v) is 8.85. The van der Waals surface area contributed by atoms with Crippen LogP contribution in [0, 0.1) is 0 Å². The average Bonchev–Trinajstić information content (AvgIpc) is 2.93. The summed E-state index contributed by atoms with van der Waals surface area (Å²) in [6.45, 7) is 6.48. The molecule has 0 fully saturated rings. The molecule has 0 heterocycles. The van der Waals surface area contributed by atoms with Gasteiger partial charge in [-0.05, 0) is 71.6 Å². The number of benzene rings is 4. The van der Waals surface area contributed by atoms with Gasteiger partial charge in [-0.1, -0.05) is 56.3 Å². The lowest BCUT2D eigenvalue weighted by Crippen LogP contribution is -2.24. The third kappa shape index (κ3) is 6.76. The van der Waals surface area contributed by atoms with E-state index in [2.05, 4.69) is 24.4 Å². The number of rotatable bonds is 10. The lowest BCUT2D eigenvalue weighted by Gasteiger charge is -2.11. The van der Waals surface area contributed by atoms with Crippen molar-refractivity contribution in [3.63, 3.8) is 0 Å². The predicted molar refractivity (Wildman–Crippen MR) is 148 cm³/mol. The van der Waals surface area contributed by atoms with Crippen LogP contribution in [-0.2, 0) is 4.79 Å². The minimum absolute atomic E-state index is 0.187. The third-order valence-electron chi connectivity index (χ3n) is 5.83. The number of nitrogens with one attached hydrogen (secondary N) is 1. The van der Waals surface area contributed by atoms with Gasteiger partial charge in [0.15, 0.2) is 6.61 Å². The van der Waals surface area contributed by atoms with Crippen molar-refractivity contribution >= 4 is 28.9 Å². The van der Waals surface area contributed by atoms with Crippen molar-refractivity contribution in [3.05, 3.63) is 102 Å². The summed E-state index contributed by atoms with van der Waals surface area (Å²) in [6.07, 6.45) is 1.47. The molecule has 0 atom stereocenters. The number of fused-ring (bicyclic) bond motifs is 1. The molecular formula is C31H30N2O5. The molecule has 0 aliphatic heterocycles. The standard InChI is InChI=1S/C31H30N2O5/c1-4-36-25-16-11-24(12-17-25)31(35)38-29-18-13-23-7-5-6-8-27(23)28(29)19-32-33-30(34)20-37-26-14-9-22(10-15-26)21(2)3/h5-19,21H,4,20H2,1-3H3,(H,33,34)/b32-19-. The number of amides is 1. The van der Waals surface area contributed by atoms with Gasteiger partial charge < -0.3 is 14.2 Å². The highest BCUT2D eigenvalue weighted by atomic mass is 16.5. The minimum Gasteiger partial charge on any atom is -0.494 e. The van der Waals surface area contributed by atoms with Crippen LogP contribution in [0.25, 0.3) is 10.8 Å². The Balaban J connectivity index is 1.45. The van der Waals surface area contributed by atoms with E-state index in [0.29, 0.717) is 40.9 Å². The van der Waals surface area contributed by atoms with E-state index in [9.17, 15) is 9.59 Å². The van der Waals surface area contributed by atoms with Crippen molar-refractivity contribution in [1.82, 2.24) is 5.43 Å². The Kier molecular flexibility index (Phi) is 8.72. The van der Waals surface area contributed by atoms with Crippen LogP contribution in [0.3, 0.4) is 0 Å². The van der Waals surface area contributed by atoms with Gasteiger partial charge in [0.1, 0.15) is 17.2 Å². The molecule has 0 bridgehead atoms. The fourth-order valence-electron chi connectivity index (χ4n) is 3.81. The molecule has 0 spiro atoms. The van der Waals surface area contributed by atoms with Crippen molar-refractivity contribution < 1.29 is 23.8 Å². The van der Waals surface area contributed by atoms with Gasteiger partial charge in [0.05, 0.1) is 18.4 Å². The summed E-state index contributed by atoms with van der Waals surface area (Å²) < 4.78 is 16.7. The highest BCUT2D eigenvalue weighted by molar-refractivity contribution is 6.04. The summed E-state index contributed by atoms with van der Waals surface area (Å²) in [6, 6.07) is 25.6. The monoisotopic (exact) mass is 510 g/mol. The van der Waals surface area contributed by atoms with E-state index in [4.69, 9.17) is 14.2 Å². The highest BCUT2D eigenvalue weighted by Crippen LogP contribution is 2.28. The Morgan fingerprint density at radius 1 is 0.868 bits per heavy atom. The number of ether oxygens (including phenoxy) is 3. The van der Waals surface area contributed by atoms with E-state index in [1.54, 1.807) is 30.3 Å². The zero-order chi connectivity index (χ0) is 26.9. The Hall–Kier alpha value is -4.65. The van der Waals surface area contributed by atoms with Crippen LogP contribution in [0.15, 0.2) is 90.0 Å². The summed E-state index contributed by atoms with van der Waals surface area (Å²) in [7, 11) is 0. The highest BCUT2D eigenvalue weighted by Gasteiger charge is 2.14. The van der Waals surface area contributed by atoms with Gasteiger partial charge in [0.2, 0.25) is 0 Å². The van der Waals surface area contributed by atoms with Crippen LogP contribution in [0.2, 0.25) is 0 Å². The second kappa shape index (κ2) is 12.5. The normalized spacial score (nSPS) is 11.1. The number of esters is 1. The maximum absolute atomic E-state index is 12.8. The predicted octanol–water partition coefficient (Wildman–Crippen LogP) is 6.11. The lowest BCUT2D eigenvalue weighted by atomic mass is 10.0. The van der Waals surface area contributed by atoms with Crippen molar-refractivity contribution in [1.29, 1.82) is 0 Å². The molecule has 1 amide bonds. The molecule has 0 aromatic heterocycles. The van der Waals surface area contributed by atoms with Crippen LogP contribution in [0.4, 0.5) is 0 Å². The first kappa shape index (κ1) is 26.4. The van der Waals surface area contributed by atoms with Gasteiger partial charge in [-0.2, -0.15) is 5.10 Å². The van der Waals surface area contributed by atoms with E-state index in [-0.39, 0.29) is 6.61 Å². The van der Waals surface area contributed by atoms with Crippen molar-refractivity contribution in [2.45, 2.75) is 26.7 Å². The first-order valence-electron chi connectivity index (χ1n) is 12.5. The lowest BCUT2D eigenvalue weighted by molar-refractivity contribution is -0.123. The Labute approximate surface area is 222 Å². The molecule has 38 heavy (non-hydrogen) atoms. The first-order chi connectivity index (χ1) is 18.4. The van der Waals surface area contributed by atoms with Gasteiger partial charge in [-0.3, -0.25) is 4.79 Å². The zero-order valence-electron chi connectivity index (χ0n) is 21.6. The zero-order valence-corrected chi connectivity index (χ0v) is 21.6. The number of hydrazone groups is 1. The molecule has 4 aromatic carbocycles. The number of carbonyl (C=O) groups is 2. The summed E-state index contributed by atoms with van der Waals surface area (Å²) in [5, 5.41) is 5.86. The molecule has 1 N–H and O–H groups in total. The third-order valence-corrected chi connectivity index (χ3v) is 5.83. The molecular weight excluding hydrogens is 480 g/mol.